The smallest absolute Gasteiger partial charge is 0.234 e. The zero-order valence-corrected chi connectivity index (χ0v) is 12.6. The van der Waals surface area contributed by atoms with Gasteiger partial charge in [0.05, 0.1) is 27.2 Å². The third kappa shape index (κ3) is 4.03. The van der Waals surface area contributed by atoms with Gasteiger partial charge in [0.2, 0.25) is 5.91 Å². The molecule has 2 rings (SSSR count). The average molecular weight is 328 g/mol. The van der Waals surface area contributed by atoms with Gasteiger partial charge in [-0.25, -0.2) is 4.98 Å². The Morgan fingerprint density at radius 2 is 2.15 bits per heavy atom. The number of carbonyl (C=O) groups is 1. The molecular weight excluding hydrogens is 317 g/mol. The molecule has 0 aliphatic carbocycles. The summed E-state index contributed by atoms with van der Waals surface area (Å²) >= 11 is 13.1. The number of hydrogen-bond acceptors (Lipinski definition) is 4. The molecule has 3 N–H and O–H groups in total. The minimum absolute atomic E-state index is 0.212. The highest BCUT2D eigenvalue weighted by Crippen LogP contribution is 2.32. The molecule has 0 radical (unpaired) electrons. The van der Waals surface area contributed by atoms with Crippen molar-refractivity contribution in [3.05, 3.63) is 46.6 Å². The number of nitrogens with one attached hydrogen (secondary N) is 1. The van der Waals surface area contributed by atoms with Crippen molar-refractivity contribution < 1.29 is 4.79 Å². The highest BCUT2D eigenvalue weighted by Gasteiger charge is 2.11. The first-order valence-electron chi connectivity index (χ1n) is 5.64. The molecule has 1 amide bonds. The second-order valence-corrected chi connectivity index (χ2v) is 5.70. The molecule has 1 heterocycles. The largest absolute Gasteiger partial charge is 0.397 e. The molecule has 4 nitrogen and oxygen atoms in total. The number of thioether (sulfide) groups is 1. The van der Waals surface area contributed by atoms with E-state index in [0.29, 0.717) is 21.4 Å². The second-order valence-electron chi connectivity index (χ2n) is 3.86. The molecule has 0 unspecified atom stereocenters. The lowest BCUT2D eigenvalue weighted by atomic mass is 10.2. The van der Waals surface area contributed by atoms with Gasteiger partial charge in [-0.3, -0.25) is 4.79 Å². The van der Waals surface area contributed by atoms with Crippen molar-refractivity contribution in [3.63, 3.8) is 0 Å². The van der Waals surface area contributed by atoms with Crippen LogP contribution >= 0.6 is 35.0 Å². The number of amides is 1. The second kappa shape index (κ2) is 6.83. The Bertz CT molecular complexity index is 599. The summed E-state index contributed by atoms with van der Waals surface area (Å²) in [6, 6.07) is 8.58. The number of halogens is 2. The number of aromatic nitrogens is 1. The maximum Gasteiger partial charge on any atom is 0.234 e. The molecule has 0 aliphatic heterocycles. The van der Waals surface area contributed by atoms with Crippen molar-refractivity contribution >= 4 is 52.2 Å². The summed E-state index contributed by atoms with van der Waals surface area (Å²) in [4.78, 5) is 16.0. The predicted molar refractivity (Wildman–Crippen MR) is 84.5 cm³/mol. The van der Waals surface area contributed by atoms with Crippen molar-refractivity contribution in [1.29, 1.82) is 0 Å². The Hall–Kier alpha value is -1.43. The van der Waals surface area contributed by atoms with E-state index < -0.39 is 0 Å². The molecular formula is C13H11Cl2N3OS. The van der Waals surface area contributed by atoms with Crippen molar-refractivity contribution in [2.24, 2.45) is 0 Å². The minimum Gasteiger partial charge on any atom is -0.397 e. The third-order valence-electron chi connectivity index (χ3n) is 2.34. The summed E-state index contributed by atoms with van der Waals surface area (Å²) in [5, 5.41) is 4.18. The summed E-state index contributed by atoms with van der Waals surface area (Å²) in [6.45, 7) is 0. The van der Waals surface area contributed by atoms with Gasteiger partial charge in [-0.1, -0.05) is 41.0 Å². The number of nitrogen functional groups attached to an aromatic ring is 1. The van der Waals surface area contributed by atoms with Crippen LogP contribution in [0.25, 0.3) is 0 Å². The molecule has 1 aromatic carbocycles. The van der Waals surface area contributed by atoms with Crippen LogP contribution in [0.2, 0.25) is 10.0 Å². The fraction of sp³-hybridized carbons (Fsp3) is 0.0769. The van der Waals surface area contributed by atoms with Crippen LogP contribution in [-0.2, 0) is 4.79 Å². The Labute approximate surface area is 130 Å². The molecule has 0 atom stereocenters. The molecule has 0 fully saturated rings. The number of benzene rings is 1. The first-order chi connectivity index (χ1) is 9.56. The number of anilines is 2. The van der Waals surface area contributed by atoms with Crippen LogP contribution in [-0.4, -0.2) is 16.6 Å². The number of rotatable bonds is 4. The van der Waals surface area contributed by atoms with Crippen LogP contribution in [0.3, 0.4) is 0 Å². The number of hydrogen-bond donors (Lipinski definition) is 2. The molecule has 0 bridgehead atoms. The van der Waals surface area contributed by atoms with Crippen molar-refractivity contribution in [1.82, 2.24) is 4.98 Å². The zero-order valence-electron chi connectivity index (χ0n) is 10.3. The first-order valence-corrected chi connectivity index (χ1v) is 7.38. The molecule has 0 saturated heterocycles. The number of carbonyl (C=O) groups excluding carboxylic acids is 1. The Kier molecular flexibility index (Phi) is 5.11. The van der Waals surface area contributed by atoms with E-state index in [1.165, 1.54) is 23.9 Å². The fourth-order valence-corrected chi connectivity index (χ4v) is 2.69. The number of nitrogens with zero attached hydrogens (tertiary/aromatic N) is 1. The summed E-state index contributed by atoms with van der Waals surface area (Å²) in [5.41, 5.74) is 6.48. The Morgan fingerprint density at radius 3 is 2.80 bits per heavy atom. The minimum atomic E-state index is -0.212. The highest BCUT2D eigenvalue weighted by molar-refractivity contribution is 7.99. The van der Waals surface area contributed by atoms with Crippen LogP contribution in [0, 0.1) is 0 Å². The average Bonchev–Trinajstić information content (AvgIpc) is 2.42. The van der Waals surface area contributed by atoms with E-state index in [2.05, 4.69) is 10.3 Å². The summed E-state index contributed by atoms with van der Waals surface area (Å²) in [6.07, 6.45) is 1.67. The van der Waals surface area contributed by atoms with E-state index in [1.54, 1.807) is 6.20 Å². The van der Waals surface area contributed by atoms with Crippen molar-refractivity contribution in [2.75, 3.05) is 16.8 Å². The maximum atomic E-state index is 11.9. The van der Waals surface area contributed by atoms with E-state index >= 15 is 0 Å². The van der Waals surface area contributed by atoms with Crippen LogP contribution in [0.5, 0.6) is 0 Å². The number of nitrogens with two attached hydrogens (primary N) is 1. The Balaban J connectivity index is 1.98. The van der Waals surface area contributed by atoms with Gasteiger partial charge in [0.1, 0.15) is 0 Å². The van der Waals surface area contributed by atoms with Gasteiger partial charge in [-0.05, 0) is 24.3 Å². The van der Waals surface area contributed by atoms with Gasteiger partial charge in [-0.2, -0.15) is 0 Å². The molecule has 2 aromatic rings. The summed E-state index contributed by atoms with van der Waals surface area (Å²) in [7, 11) is 0. The van der Waals surface area contributed by atoms with Crippen LogP contribution in [0.15, 0.2) is 41.6 Å². The quantitative estimate of drug-likeness (QED) is 0.663. The molecule has 20 heavy (non-hydrogen) atoms. The van der Waals surface area contributed by atoms with Crippen molar-refractivity contribution in [3.8, 4) is 0 Å². The van der Waals surface area contributed by atoms with Gasteiger partial charge < -0.3 is 11.1 Å². The lowest BCUT2D eigenvalue weighted by Gasteiger charge is -2.10. The van der Waals surface area contributed by atoms with Crippen LogP contribution in [0.1, 0.15) is 0 Å². The molecule has 0 spiro atoms. The van der Waals surface area contributed by atoms with Gasteiger partial charge in [-0.15, -0.1) is 0 Å². The van der Waals surface area contributed by atoms with Gasteiger partial charge >= 0.3 is 0 Å². The topological polar surface area (TPSA) is 68.0 Å². The van der Waals surface area contributed by atoms with E-state index in [0.717, 1.165) is 5.03 Å². The maximum absolute atomic E-state index is 11.9. The standard InChI is InChI=1S/C13H11Cl2N3OS/c14-8-5-9(15)13(10(16)6-8)18-11(19)7-20-12-3-1-2-4-17-12/h1-6H,7,16H2,(H,18,19). The third-order valence-corrected chi connectivity index (χ3v) is 3.80. The van der Waals surface area contributed by atoms with E-state index in [9.17, 15) is 4.79 Å². The van der Waals surface area contributed by atoms with E-state index in [1.807, 2.05) is 18.2 Å². The van der Waals surface area contributed by atoms with E-state index in [4.69, 9.17) is 28.9 Å². The predicted octanol–water partition coefficient (Wildman–Crippen LogP) is 3.70. The highest BCUT2D eigenvalue weighted by atomic mass is 35.5. The fourth-order valence-electron chi connectivity index (χ4n) is 1.47. The molecule has 0 saturated carbocycles. The van der Waals surface area contributed by atoms with Gasteiger partial charge in [0, 0.05) is 11.2 Å². The zero-order chi connectivity index (χ0) is 14.5. The van der Waals surface area contributed by atoms with Gasteiger partial charge in [0.25, 0.3) is 0 Å². The monoisotopic (exact) mass is 327 g/mol. The molecule has 104 valence electrons. The van der Waals surface area contributed by atoms with Crippen LogP contribution in [0.4, 0.5) is 11.4 Å². The van der Waals surface area contributed by atoms with Crippen LogP contribution < -0.4 is 11.1 Å². The molecule has 0 aliphatic rings. The van der Waals surface area contributed by atoms with Gasteiger partial charge in [0.15, 0.2) is 0 Å². The van der Waals surface area contributed by atoms with E-state index in [-0.39, 0.29) is 11.7 Å². The lowest BCUT2D eigenvalue weighted by Crippen LogP contribution is -2.15. The normalized spacial score (nSPS) is 10.3. The summed E-state index contributed by atoms with van der Waals surface area (Å²) < 4.78 is 0. The van der Waals surface area contributed by atoms with Crippen molar-refractivity contribution in [2.45, 2.75) is 5.03 Å². The lowest BCUT2D eigenvalue weighted by molar-refractivity contribution is -0.113. The summed E-state index contributed by atoms with van der Waals surface area (Å²) in [5.74, 6) is 0.00616. The SMILES string of the molecule is Nc1cc(Cl)cc(Cl)c1NC(=O)CSc1ccccn1. The first kappa shape index (κ1) is 15.0. The number of pyridine rings is 1. The Morgan fingerprint density at radius 1 is 1.35 bits per heavy atom. The molecule has 1 aromatic heterocycles. The molecule has 7 heteroatoms.